The standard InChI is InChI=1S/C21H16FN5O2.2H2/c1-11-14(21(29)27-18-6-4-16(22)15(9-24)20(11)18)7-19(28)26-12(2)17-5-3-13(8-23)10-25-17;;/h3-6,10,12H,7H2,1-2H3,(H,26,28)(H,27,29);2*1H/t12-;;/m1../s1. The van der Waals surface area contributed by atoms with Gasteiger partial charge in [-0.25, -0.2) is 4.39 Å². The minimum absolute atomic E-state index is 0. The molecule has 3 aromatic rings. The van der Waals surface area contributed by atoms with Gasteiger partial charge in [0.15, 0.2) is 0 Å². The highest BCUT2D eigenvalue weighted by molar-refractivity contribution is 5.90. The van der Waals surface area contributed by atoms with Crippen LogP contribution < -0.4 is 10.9 Å². The second-order valence-corrected chi connectivity index (χ2v) is 6.56. The number of carbonyl (C=O) groups excluding carboxylic acids is 1. The van der Waals surface area contributed by atoms with Crippen LogP contribution in [-0.4, -0.2) is 15.9 Å². The number of aromatic nitrogens is 2. The molecule has 0 aliphatic heterocycles. The van der Waals surface area contributed by atoms with E-state index in [9.17, 15) is 19.2 Å². The monoisotopic (exact) mass is 393 g/mol. The van der Waals surface area contributed by atoms with Crippen LogP contribution in [0.4, 0.5) is 4.39 Å². The number of halogens is 1. The molecule has 2 aromatic heterocycles. The fraction of sp³-hybridized carbons (Fsp3) is 0.190. The predicted octanol–water partition coefficient (Wildman–Crippen LogP) is 3.03. The van der Waals surface area contributed by atoms with Crippen LogP contribution in [0.2, 0.25) is 0 Å². The number of H-pyrrole nitrogens is 1. The van der Waals surface area contributed by atoms with Crippen LogP contribution in [0.5, 0.6) is 0 Å². The molecule has 0 aliphatic carbocycles. The Hall–Kier alpha value is -4.04. The number of aromatic amines is 1. The quantitative estimate of drug-likeness (QED) is 0.705. The second-order valence-electron chi connectivity index (χ2n) is 6.56. The number of hydrogen-bond acceptors (Lipinski definition) is 5. The average molecular weight is 393 g/mol. The molecule has 0 fully saturated rings. The molecule has 0 saturated carbocycles. The van der Waals surface area contributed by atoms with Gasteiger partial charge < -0.3 is 10.3 Å². The number of nitrogens with one attached hydrogen (secondary N) is 2. The van der Waals surface area contributed by atoms with Crippen molar-refractivity contribution in [3.63, 3.8) is 0 Å². The first-order valence-electron chi connectivity index (χ1n) is 8.75. The fourth-order valence-electron chi connectivity index (χ4n) is 3.17. The van der Waals surface area contributed by atoms with Gasteiger partial charge in [0.25, 0.3) is 5.56 Å². The van der Waals surface area contributed by atoms with E-state index in [0.29, 0.717) is 22.3 Å². The molecule has 0 spiro atoms. The van der Waals surface area contributed by atoms with Crippen LogP contribution in [-0.2, 0) is 11.2 Å². The number of aryl methyl sites for hydroxylation is 1. The fourth-order valence-corrected chi connectivity index (χ4v) is 3.17. The highest BCUT2D eigenvalue weighted by atomic mass is 19.1. The molecule has 148 valence electrons. The molecule has 0 saturated heterocycles. The van der Waals surface area contributed by atoms with Crippen molar-refractivity contribution in [3.8, 4) is 12.1 Å². The van der Waals surface area contributed by atoms with Gasteiger partial charge in [-0.15, -0.1) is 0 Å². The van der Waals surface area contributed by atoms with Crippen molar-refractivity contribution in [1.82, 2.24) is 15.3 Å². The summed E-state index contributed by atoms with van der Waals surface area (Å²) in [4.78, 5) is 31.7. The molecular formula is C21H20FN5O2. The van der Waals surface area contributed by atoms with Crippen LogP contribution >= 0.6 is 0 Å². The number of benzene rings is 1. The Labute approximate surface area is 168 Å². The molecule has 1 atom stereocenters. The van der Waals surface area contributed by atoms with Gasteiger partial charge in [0.2, 0.25) is 5.91 Å². The lowest BCUT2D eigenvalue weighted by Gasteiger charge is -2.15. The van der Waals surface area contributed by atoms with Crippen molar-refractivity contribution in [2.24, 2.45) is 0 Å². The van der Waals surface area contributed by atoms with E-state index in [0.717, 1.165) is 6.07 Å². The Balaban J connectivity index is 0.00000240. The Morgan fingerprint density at radius 3 is 2.69 bits per heavy atom. The van der Waals surface area contributed by atoms with E-state index in [2.05, 4.69) is 15.3 Å². The van der Waals surface area contributed by atoms with Crippen molar-refractivity contribution in [2.75, 3.05) is 0 Å². The molecule has 0 bridgehead atoms. The summed E-state index contributed by atoms with van der Waals surface area (Å²) in [5.74, 6) is -1.11. The number of carbonyl (C=O) groups is 1. The number of hydrogen-bond donors (Lipinski definition) is 2. The largest absolute Gasteiger partial charge is 0.348 e. The van der Waals surface area contributed by atoms with Crippen LogP contribution in [0.1, 0.15) is 43.8 Å². The molecule has 8 heteroatoms. The van der Waals surface area contributed by atoms with Gasteiger partial charge in [-0.2, -0.15) is 10.5 Å². The Morgan fingerprint density at radius 1 is 1.31 bits per heavy atom. The highest BCUT2D eigenvalue weighted by Gasteiger charge is 2.19. The van der Waals surface area contributed by atoms with E-state index in [1.165, 1.54) is 12.3 Å². The topological polar surface area (TPSA) is 122 Å². The summed E-state index contributed by atoms with van der Waals surface area (Å²) < 4.78 is 14.0. The lowest BCUT2D eigenvalue weighted by Crippen LogP contribution is -2.31. The lowest BCUT2D eigenvalue weighted by molar-refractivity contribution is -0.121. The zero-order valence-corrected chi connectivity index (χ0v) is 15.7. The number of pyridine rings is 2. The molecular weight excluding hydrogens is 373 g/mol. The predicted molar refractivity (Wildman–Crippen MR) is 107 cm³/mol. The molecule has 3 rings (SSSR count). The van der Waals surface area contributed by atoms with Crippen molar-refractivity contribution in [1.29, 1.82) is 10.5 Å². The third-order valence-electron chi connectivity index (χ3n) is 4.69. The van der Waals surface area contributed by atoms with E-state index in [4.69, 9.17) is 5.26 Å². The minimum Gasteiger partial charge on any atom is -0.348 e. The summed E-state index contributed by atoms with van der Waals surface area (Å²) in [5, 5.41) is 21.1. The number of amides is 1. The van der Waals surface area contributed by atoms with E-state index in [1.54, 1.807) is 26.0 Å². The average Bonchev–Trinajstić information content (AvgIpc) is 2.71. The van der Waals surface area contributed by atoms with Gasteiger partial charge in [0.05, 0.1) is 34.8 Å². The smallest absolute Gasteiger partial charge is 0.252 e. The molecule has 7 nitrogen and oxygen atoms in total. The normalized spacial score (nSPS) is 11.5. The van der Waals surface area contributed by atoms with Crippen molar-refractivity contribution >= 4 is 16.8 Å². The molecule has 2 N–H and O–H groups in total. The number of nitrogens with zero attached hydrogens (tertiary/aromatic N) is 3. The Morgan fingerprint density at radius 2 is 2.07 bits per heavy atom. The second kappa shape index (κ2) is 7.91. The van der Waals surface area contributed by atoms with Gasteiger partial charge in [0.1, 0.15) is 18.0 Å². The molecule has 0 radical (unpaired) electrons. The first-order valence-corrected chi connectivity index (χ1v) is 8.75. The summed E-state index contributed by atoms with van der Waals surface area (Å²) in [6.07, 6.45) is 1.17. The summed E-state index contributed by atoms with van der Waals surface area (Å²) in [6.45, 7) is 3.32. The lowest BCUT2D eigenvalue weighted by atomic mass is 9.98. The van der Waals surface area contributed by atoms with Gasteiger partial charge in [-0.1, -0.05) is 0 Å². The highest BCUT2D eigenvalue weighted by Crippen LogP contribution is 2.24. The maximum absolute atomic E-state index is 14.0. The first kappa shape index (κ1) is 19.7. The van der Waals surface area contributed by atoms with Crippen LogP contribution in [0.15, 0.2) is 35.3 Å². The maximum atomic E-state index is 14.0. The van der Waals surface area contributed by atoms with Gasteiger partial charge >= 0.3 is 0 Å². The van der Waals surface area contributed by atoms with Crippen molar-refractivity contribution in [3.05, 3.63) is 74.6 Å². The minimum atomic E-state index is -0.689. The molecule has 0 aliphatic rings. The van der Waals surface area contributed by atoms with Gasteiger partial charge in [-0.05, 0) is 43.7 Å². The van der Waals surface area contributed by atoms with Crippen LogP contribution in [0, 0.1) is 35.4 Å². The molecule has 1 aromatic carbocycles. The third-order valence-corrected chi connectivity index (χ3v) is 4.69. The Kier molecular flexibility index (Phi) is 5.38. The van der Waals surface area contributed by atoms with E-state index >= 15 is 0 Å². The number of fused-ring (bicyclic) bond motifs is 1. The van der Waals surface area contributed by atoms with Crippen LogP contribution in [0.25, 0.3) is 10.9 Å². The number of rotatable bonds is 4. The molecule has 0 unspecified atom stereocenters. The number of nitriles is 2. The summed E-state index contributed by atoms with van der Waals surface area (Å²) in [6, 6.07) is 9.09. The van der Waals surface area contributed by atoms with Crippen molar-refractivity contribution < 1.29 is 12.0 Å². The maximum Gasteiger partial charge on any atom is 0.252 e. The van der Waals surface area contributed by atoms with Gasteiger partial charge in [0, 0.05) is 20.0 Å². The molecule has 29 heavy (non-hydrogen) atoms. The molecule has 1 amide bonds. The molecule has 2 heterocycles. The summed E-state index contributed by atoms with van der Waals surface area (Å²) in [5.41, 5.74) is 1.22. The Bertz CT molecular complexity index is 1260. The van der Waals surface area contributed by atoms with Crippen LogP contribution in [0.3, 0.4) is 0 Å². The SMILES string of the molecule is Cc1c(CC(=O)N[C@H](C)c2ccc(C#N)cn2)c(=O)[nH]c2ccc(F)c(C#N)c12.[HH].[HH]. The summed E-state index contributed by atoms with van der Waals surface area (Å²) in [7, 11) is 0. The van der Waals surface area contributed by atoms with E-state index in [1.807, 2.05) is 12.1 Å². The van der Waals surface area contributed by atoms with E-state index < -0.39 is 23.3 Å². The third kappa shape index (κ3) is 3.83. The van der Waals surface area contributed by atoms with Crippen molar-refractivity contribution in [2.45, 2.75) is 26.3 Å². The van der Waals surface area contributed by atoms with E-state index in [-0.39, 0.29) is 25.8 Å². The van der Waals surface area contributed by atoms with Gasteiger partial charge in [-0.3, -0.25) is 14.6 Å². The first-order chi connectivity index (χ1) is 13.8. The summed E-state index contributed by atoms with van der Waals surface area (Å²) >= 11 is 0. The zero-order chi connectivity index (χ0) is 21.1. The zero-order valence-electron chi connectivity index (χ0n) is 15.7.